The van der Waals surface area contributed by atoms with Gasteiger partial charge in [0, 0.05) is 18.5 Å². The molecule has 0 aliphatic carbocycles. The van der Waals surface area contributed by atoms with Crippen molar-refractivity contribution in [3.05, 3.63) is 12.7 Å². The molecular formula is C19H39OP. The zero-order valence-electron chi connectivity index (χ0n) is 14.7. The van der Waals surface area contributed by atoms with E-state index in [1.54, 1.807) is 0 Å². The molecule has 1 nitrogen and oxygen atoms in total. The van der Waals surface area contributed by atoms with Crippen LogP contribution in [0.25, 0.3) is 0 Å². The minimum Gasteiger partial charge on any atom is -0.324 e. The fourth-order valence-electron chi connectivity index (χ4n) is 2.80. The molecule has 0 aromatic heterocycles. The lowest BCUT2D eigenvalue weighted by Gasteiger charge is -2.17. The van der Waals surface area contributed by atoms with E-state index in [0.717, 1.165) is 37.7 Å². The van der Waals surface area contributed by atoms with Gasteiger partial charge in [0.2, 0.25) is 0 Å². The first-order chi connectivity index (χ1) is 10.2. The maximum Gasteiger partial charge on any atom is 0.0877 e. The highest BCUT2D eigenvalue weighted by molar-refractivity contribution is 7.63. The van der Waals surface area contributed by atoms with E-state index in [4.69, 9.17) is 0 Å². The standard InChI is InChI=1S/C19H39OP/c1-4-7-10-11-12-13-14-15-16-19-21(20,17-8-5-2)18-9-6-3/h4H,1,5-19H2,2-3H3. The molecule has 0 fully saturated rings. The molecule has 0 heterocycles. The van der Waals surface area contributed by atoms with Crippen LogP contribution in [0.15, 0.2) is 12.7 Å². The molecule has 0 aliphatic rings. The van der Waals surface area contributed by atoms with Crippen LogP contribution in [0.2, 0.25) is 0 Å². The summed E-state index contributed by atoms with van der Waals surface area (Å²) in [5, 5.41) is 0. The van der Waals surface area contributed by atoms with Crippen LogP contribution in [-0.4, -0.2) is 18.5 Å². The van der Waals surface area contributed by atoms with Gasteiger partial charge < -0.3 is 4.57 Å². The van der Waals surface area contributed by atoms with Crippen molar-refractivity contribution in [1.82, 2.24) is 0 Å². The van der Waals surface area contributed by atoms with Crippen molar-refractivity contribution in [2.75, 3.05) is 18.5 Å². The number of hydrogen-bond donors (Lipinski definition) is 0. The second kappa shape index (κ2) is 14.9. The topological polar surface area (TPSA) is 17.1 Å². The Morgan fingerprint density at radius 2 is 1.14 bits per heavy atom. The summed E-state index contributed by atoms with van der Waals surface area (Å²) < 4.78 is 12.9. The number of rotatable bonds is 16. The van der Waals surface area contributed by atoms with Crippen molar-refractivity contribution in [3.63, 3.8) is 0 Å². The molecule has 0 saturated heterocycles. The van der Waals surface area contributed by atoms with Crippen molar-refractivity contribution in [2.24, 2.45) is 0 Å². The van der Waals surface area contributed by atoms with Crippen LogP contribution in [0, 0.1) is 0 Å². The van der Waals surface area contributed by atoms with Crippen LogP contribution < -0.4 is 0 Å². The molecule has 126 valence electrons. The second-order valence-corrected chi connectivity index (χ2v) is 9.95. The molecular weight excluding hydrogens is 275 g/mol. The minimum atomic E-state index is -1.83. The Bertz CT molecular complexity index is 261. The first-order valence-electron chi connectivity index (χ1n) is 9.36. The molecule has 0 atom stereocenters. The third kappa shape index (κ3) is 13.4. The van der Waals surface area contributed by atoms with Gasteiger partial charge in [0.25, 0.3) is 0 Å². The van der Waals surface area contributed by atoms with Gasteiger partial charge >= 0.3 is 0 Å². The van der Waals surface area contributed by atoms with Gasteiger partial charge in [-0.15, -0.1) is 6.58 Å². The van der Waals surface area contributed by atoms with E-state index in [2.05, 4.69) is 20.4 Å². The lowest BCUT2D eigenvalue weighted by Crippen LogP contribution is -2.01. The van der Waals surface area contributed by atoms with Crippen LogP contribution >= 0.6 is 7.14 Å². The van der Waals surface area contributed by atoms with E-state index >= 15 is 0 Å². The van der Waals surface area contributed by atoms with Gasteiger partial charge in [-0.1, -0.05) is 64.9 Å². The first-order valence-corrected chi connectivity index (χ1v) is 11.6. The monoisotopic (exact) mass is 314 g/mol. The molecule has 0 bridgehead atoms. The van der Waals surface area contributed by atoms with E-state index in [1.807, 2.05) is 6.08 Å². The fourth-order valence-corrected chi connectivity index (χ4v) is 6.06. The summed E-state index contributed by atoms with van der Waals surface area (Å²) in [6.07, 6.45) is 20.0. The Hall–Kier alpha value is -0.0300. The second-order valence-electron chi connectivity index (χ2n) is 6.49. The molecule has 0 aromatic carbocycles. The van der Waals surface area contributed by atoms with Crippen molar-refractivity contribution >= 4 is 7.14 Å². The van der Waals surface area contributed by atoms with Gasteiger partial charge in [0.05, 0.1) is 7.14 Å². The minimum absolute atomic E-state index is 1.01. The van der Waals surface area contributed by atoms with Gasteiger partial charge in [-0.05, 0) is 32.1 Å². The van der Waals surface area contributed by atoms with Gasteiger partial charge in [-0.2, -0.15) is 0 Å². The summed E-state index contributed by atoms with van der Waals surface area (Å²) in [7, 11) is -1.83. The van der Waals surface area contributed by atoms with E-state index in [0.29, 0.717) is 0 Å². The summed E-state index contributed by atoms with van der Waals surface area (Å²) in [6.45, 7) is 8.17. The number of allylic oxidation sites excluding steroid dienone is 1. The Morgan fingerprint density at radius 3 is 1.62 bits per heavy atom. The first kappa shape index (κ1) is 21.0. The summed E-state index contributed by atoms with van der Waals surface area (Å²) >= 11 is 0. The molecule has 0 rings (SSSR count). The average molecular weight is 314 g/mol. The van der Waals surface area contributed by atoms with Crippen LogP contribution in [0.5, 0.6) is 0 Å². The van der Waals surface area contributed by atoms with Crippen LogP contribution in [0.3, 0.4) is 0 Å². The number of unbranched alkanes of at least 4 members (excludes halogenated alkanes) is 9. The lowest BCUT2D eigenvalue weighted by atomic mass is 10.1. The highest BCUT2D eigenvalue weighted by Crippen LogP contribution is 2.48. The van der Waals surface area contributed by atoms with Gasteiger partial charge in [-0.3, -0.25) is 0 Å². The van der Waals surface area contributed by atoms with Crippen LogP contribution in [0.4, 0.5) is 0 Å². The predicted octanol–water partition coefficient (Wildman–Crippen LogP) is 7.26. The van der Waals surface area contributed by atoms with Gasteiger partial charge in [-0.25, -0.2) is 0 Å². The number of hydrogen-bond acceptors (Lipinski definition) is 1. The van der Waals surface area contributed by atoms with Gasteiger partial charge in [0.1, 0.15) is 0 Å². The quantitative estimate of drug-likeness (QED) is 0.166. The third-order valence-electron chi connectivity index (χ3n) is 4.31. The predicted molar refractivity (Wildman–Crippen MR) is 99.2 cm³/mol. The maximum atomic E-state index is 12.9. The third-order valence-corrected chi connectivity index (χ3v) is 7.71. The molecule has 0 amide bonds. The Morgan fingerprint density at radius 1 is 0.714 bits per heavy atom. The Balaban J connectivity index is 3.67. The van der Waals surface area contributed by atoms with Crippen LogP contribution in [-0.2, 0) is 4.57 Å². The molecule has 0 saturated carbocycles. The molecule has 0 aromatic rings. The van der Waals surface area contributed by atoms with Gasteiger partial charge in [0.15, 0.2) is 0 Å². The van der Waals surface area contributed by atoms with E-state index in [9.17, 15) is 4.57 Å². The SMILES string of the molecule is C=CCCCCCCCCCP(=O)(CCCC)CCCC. The molecule has 0 aliphatic heterocycles. The van der Waals surface area contributed by atoms with Crippen molar-refractivity contribution < 1.29 is 4.57 Å². The van der Waals surface area contributed by atoms with Crippen molar-refractivity contribution in [3.8, 4) is 0 Å². The molecule has 0 N–H and O–H groups in total. The van der Waals surface area contributed by atoms with Crippen molar-refractivity contribution in [1.29, 1.82) is 0 Å². The zero-order chi connectivity index (χ0) is 15.8. The molecule has 0 radical (unpaired) electrons. The normalized spacial score (nSPS) is 11.7. The molecule has 2 heteroatoms. The molecule has 21 heavy (non-hydrogen) atoms. The van der Waals surface area contributed by atoms with E-state index in [1.165, 1.54) is 57.8 Å². The molecule has 0 unspecified atom stereocenters. The highest BCUT2D eigenvalue weighted by atomic mass is 31.2. The van der Waals surface area contributed by atoms with Crippen LogP contribution in [0.1, 0.15) is 90.9 Å². The fraction of sp³-hybridized carbons (Fsp3) is 0.895. The van der Waals surface area contributed by atoms with E-state index in [-0.39, 0.29) is 0 Å². The average Bonchev–Trinajstić information content (AvgIpc) is 2.49. The Kier molecular flexibility index (Phi) is 14.9. The van der Waals surface area contributed by atoms with Crippen molar-refractivity contribution in [2.45, 2.75) is 90.9 Å². The maximum absolute atomic E-state index is 12.9. The summed E-state index contributed by atoms with van der Waals surface area (Å²) in [4.78, 5) is 0. The largest absolute Gasteiger partial charge is 0.324 e. The summed E-state index contributed by atoms with van der Waals surface area (Å²) in [6, 6.07) is 0. The summed E-state index contributed by atoms with van der Waals surface area (Å²) in [5.41, 5.74) is 0. The van der Waals surface area contributed by atoms with E-state index < -0.39 is 7.14 Å². The lowest BCUT2D eigenvalue weighted by molar-refractivity contribution is 0.560. The highest BCUT2D eigenvalue weighted by Gasteiger charge is 2.19. The summed E-state index contributed by atoms with van der Waals surface area (Å²) in [5.74, 6) is 0. The Labute approximate surface area is 134 Å². The molecule has 0 spiro atoms. The smallest absolute Gasteiger partial charge is 0.0877 e. The zero-order valence-corrected chi connectivity index (χ0v) is 15.6.